The Kier molecular flexibility index (Phi) is 5.49. The molecule has 2 amide bonds. The monoisotopic (exact) mass is 282 g/mol. The van der Waals surface area contributed by atoms with E-state index in [1.165, 1.54) is 18.2 Å². The molecular weight excluding hydrogens is 263 g/mol. The Morgan fingerprint density at radius 1 is 1.40 bits per heavy atom. The van der Waals surface area contributed by atoms with Gasteiger partial charge in [0, 0.05) is 5.69 Å². The molecule has 0 saturated carbocycles. The maximum Gasteiger partial charge on any atom is 0.326 e. The molecule has 1 aromatic rings. The van der Waals surface area contributed by atoms with E-state index in [-0.39, 0.29) is 5.92 Å². The van der Waals surface area contributed by atoms with Crippen LogP contribution < -0.4 is 10.6 Å². The minimum atomic E-state index is -1.08. The first kappa shape index (κ1) is 15.9. The fourth-order valence-corrected chi connectivity index (χ4v) is 1.75. The number of urea groups is 1. The molecule has 0 heterocycles. The van der Waals surface area contributed by atoms with Crippen molar-refractivity contribution in [3.63, 3.8) is 0 Å². The molecule has 0 bridgehead atoms. The predicted molar refractivity (Wildman–Crippen MR) is 74.2 cm³/mol. The summed E-state index contributed by atoms with van der Waals surface area (Å²) in [6.45, 7) is 5.26. The Hall–Kier alpha value is -2.11. The van der Waals surface area contributed by atoms with Crippen molar-refractivity contribution in [2.45, 2.75) is 33.2 Å². The Morgan fingerprint density at radius 2 is 2.05 bits per heavy atom. The zero-order valence-electron chi connectivity index (χ0n) is 11.7. The molecule has 0 unspecified atom stereocenters. The topological polar surface area (TPSA) is 78.4 Å². The molecule has 1 rings (SSSR count). The molecule has 0 fully saturated rings. The fourth-order valence-electron chi connectivity index (χ4n) is 1.75. The lowest BCUT2D eigenvalue weighted by Gasteiger charge is -2.20. The van der Waals surface area contributed by atoms with Gasteiger partial charge < -0.3 is 15.7 Å². The van der Waals surface area contributed by atoms with Gasteiger partial charge in [0.15, 0.2) is 0 Å². The van der Waals surface area contributed by atoms with E-state index < -0.39 is 23.9 Å². The highest BCUT2D eigenvalue weighted by atomic mass is 19.1. The van der Waals surface area contributed by atoms with Gasteiger partial charge >= 0.3 is 12.0 Å². The molecule has 0 aliphatic carbocycles. The number of carboxylic acids is 1. The van der Waals surface area contributed by atoms with Crippen molar-refractivity contribution >= 4 is 17.7 Å². The third-order valence-electron chi connectivity index (χ3n) is 3.20. The highest BCUT2D eigenvalue weighted by Crippen LogP contribution is 2.16. The number of carboxylic acid groups (broad SMARTS) is 1. The van der Waals surface area contributed by atoms with Crippen LogP contribution in [0.25, 0.3) is 0 Å². The minimum Gasteiger partial charge on any atom is -0.480 e. The molecule has 2 atom stereocenters. The Labute approximate surface area is 117 Å². The minimum absolute atomic E-state index is 0.187. The number of rotatable bonds is 5. The van der Waals surface area contributed by atoms with Crippen molar-refractivity contribution in [2.24, 2.45) is 5.92 Å². The quantitative estimate of drug-likeness (QED) is 0.777. The number of amides is 2. The lowest BCUT2D eigenvalue weighted by atomic mass is 9.99. The fraction of sp³-hybridized carbons (Fsp3) is 0.429. The van der Waals surface area contributed by atoms with Crippen molar-refractivity contribution in [1.29, 1.82) is 0 Å². The van der Waals surface area contributed by atoms with Crippen molar-refractivity contribution in [3.05, 3.63) is 29.6 Å². The summed E-state index contributed by atoms with van der Waals surface area (Å²) in [5.41, 5.74) is 1.01. The molecule has 1 aromatic carbocycles. The zero-order valence-corrected chi connectivity index (χ0v) is 11.7. The van der Waals surface area contributed by atoms with Gasteiger partial charge in [-0.1, -0.05) is 20.3 Å². The highest BCUT2D eigenvalue weighted by molar-refractivity contribution is 5.92. The lowest BCUT2D eigenvalue weighted by Crippen LogP contribution is -2.46. The van der Waals surface area contributed by atoms with Crippen LogP contribution in [-0.4, -0.2) is 23.1 Å². The Morgan fingerprint density at radius 3 is 2.55 bits per heavy atom. The van der Waals surface area contributed by atoms with E-state index in [1.807, 2.05) is 6.92 Å². The van der Waals surface area contributed by atoms with Crippen LogP contribution >= 0.6 is 0 Å². The number of aryl methyl sites for hydroxylation is 1. The van der Waals surface area contributed by atoms with Crippen molar-refractivity contribution in [2.75, 3.05) is 5.32 Å². The van der Waals surface area contributed by atoms with E-state index in [4.69, 9.17) is 5.11 Å². The molecule has 0 aliphatic rings. The van der Waals surface area contributed by atoms with E-state index in [0.29, 0.717) is 17.7 Å². The predicted octanol–water partition coefficient (Wildman–Crippen LogP) is 2.75. The van der Waals surface area contributed by atoms with Crippen LogP contribution in [0.2, 0.25) is 0 Å². The van der Waals surface area contributed by atoms with Gasteiger partial charge in [-0.05, 0) is 36.6 Å². The van der Waals surface area contributed by atoms with Crippen molar-refractivity contribution in [3.8, 4) is 0 Å². The van der Waals surface area contributed by atoms with Gasteiger partial charge in [-0.2, -0.15) is 0 Å². The third-order valence-corrected chi connectivity index (χ3v) is 3.20. The average molecular weight is 282 g/mol. The van der Waals surface area contributed by atoms with Crippen LogP contribution in [-0.2, 0) is 4.79 Å². The van der Waals surface area contributed by atoms with E-state index in [1.54, 1.807) is 13.8 Å². The number of halogens is 1. The number of hydrogen-bond donors (Lipinski definition) is 3. The zero-order chi connectivity index (χ0) is 15.3. The van der Waals surface area contributed by atoms with Crippen LogP contribution in [0.3, 0.4) is 0 Å². The smallest absolute Gasteiger partial charge is 0.326 e. The average Bonchev–Trinajstić information content (AvgIpc) is 2.38. The highest BCUT2D eigenvalue weighted by Gasteiger charge is 2.25. The summed E-state index contributed by atoms with van der Waals surface area (Å²) in [7, 11) is 0. The summed E-state index contributed by atoms with van der Waals surface area (Å²) in [6.07, 6.45) is 0.632. The van der Waals surface area contributed by atoms with Gasteiger partial charge in [0.2, 0.25) is 0 Å². The number of benzene rings is 1. The van der Waals surface area contributed by atoms with Gasteiger partial charge in [0.25, 0.3) is 0 Å². The largest absolute Gasteiger partial charge is 0.480 e. The first-order valence-electron chi connectivity index (χ1n) is 6.41. The third kappa shape index (κ3) is 4.22. The van der Waals surface area contributed by atoms with Crippen LogP contribution in [0.4, 0.5) is 14.9 Å². The lowest BCUT2D eigenvalue weighted by molar-refractivity contribution is -0.140. The summed E-state index contributed by atoms with van der Waals surface area (Å²) >= 11 is 0. The molecule has 0 aliphatic heterocycles. The summed E-state index contributed by atoms with van der Waals surface area (Å²) < 4.78 is 12.9. The number of aliphatic carboxylic acids is 1. The number of nitrogens with one attached hydrogen (secondary N) is 2. The maximum absolute atomic E-state index is 12.9. The van der Waals surface area contributed by atoms with E-state index in [0.717, 1.165) is 0 Å². The second-order valence-electron chi connectivity index (χ2n) is 4.76. The van der Waals surface area contributed by atoms with Crippen molar-refractivity contribution in [1.82, 2.24) is 5.32 Å². The second kappa shape index (κ2) is 6.88. The Balaban J connectivity index is 2.73. The van der Waals surface area contributed by atoms with E-state index >= 15 is 0 Å². The molecule has 0 spiro atoms. The maximum atomic E-state index is 12.9. The number of carbonyl (C=O) groups excluding carboxylic acids is 1. The summed E-state index contributed by atoms with van der Waals surface area (Å²) in [4.78, 5) is 22.9. The van der Waals surface area contributed by atoms with Crippen LogP contribution in [0.15, 0.2) is 18.2 Å². The summed E-state index contributed by atoms with van der Waals surface area (Å²) in [5.74, 6) is -1.66. The van der Waals surface area contributed by atoms with Gasteiger partial charge in [-0.25, -0.2) is 14.0 Å². The van der Waals surface area contributed by atoms with Crippen LogP contribution in [0.1, 0.15) is 25.8 Å². The summed E-state index contributed by atoms with van der Waals surface area (Å²) in [5, 5.41) is 14.0. The summed E-state index contributed by atoms with van der Waals surface area (Å²) in [6, 6.07) is 2.38. The Bertz CT molecular complexity index is 505. The normalized spacial score (nSPS) is 13.4. The van der Waals surface area contributed by atoms with Crippen LogP contribution in [0.5, 0.6) is 0 Å². The molecule has 0 aromatic heterocycles. The second-order valence-corrected chi connectivity index (χ2v) is 4.76. The molecule has 110 valence electrons. The SMILES string of the molecule is CC[C@H](C)[C@H](NC(=O)Nc1ccc(F)cc1C)C(=O)O. The van der Waals surface area contributed by atoms with E-state index in [9.17, 15) is 14.0 Å². The molecule has 20 heavy (non-hydrogen) atoms. The van der Waals surface area contributed by atoms with Crippen LogP contribution in [0, 0.1) is 18.7 Å². The molecule has 0 saturated heterocycles. The molecule has 3 N–H and O–H groups in total. The first-order chi connectivity index (χ1) is 9.35. The first-order valence-corrected chi connectivity index (χ1v) is 6.41. The molecule has 6 heteroatoms. The van der Waals surface area contributed by atoms with Gasteiger partial charge in [-0.15, -0.1) is 0 Å². The molecular formula is C14H19FN2O3. The number of hydrogen-bond acceptors (Lipinski definition) is 2. The molecule has 0 radical (unpaired) electrons. The molecule has 5 nitrogen and oxygen atoms in total. The van der Waals surface area contributed by atoms with E-state index in [2.05, 4.69) is 10.6 Å². The number of carbonyl (C=O) groups is 2. The van der Waals surface area contributed by atoms with Crippen molar-refractivity contribution < 1.29 is 19.1 Å². The van der Waals surface area contributed by atoms with Gasteiger partial charge in [0.1, 0.15) is 11.9 Å². The van der Waals surface area contributed by atoms with Gasteiger partial charge in [-0.3, -0.25) is 0 Å². The van der Waals surface area contributed by atoms with Gasteiger partial charge in [0.05, 0.1) is 0 Å². The number of anilines is 1. The standard InChI is InChI=1S/C14H19FN2O3/c1-4-8(2)12(13(18)19)17-14(20)16-11-6-5-10(15)7-9(11)3/h5-8,12H,4H2,1-3H3,(H,18,19)(H2,16,17,20)/t8-,12-/m0/s1.